The Bertz CT molecular complexity index is 1500. The number of aromatic amines is 1. The molecule has 35 heavy (non-hydrogen) atoms. The largest absolute Gasteiger partial charge is 0.358 e. The lowest BCUT2D eigenvalue weighted by molar-refractivity contribution is -0.126. The fraction of sp³-hybridized carbons (Fsp3) is 0.240. The van der Waals surface area contributed by atoms with Crippen molar-refractivity contribution >= 4 is 44.2 Å². The van der Waals surface area contributed by atoms with Crippen LogP contribution in [-0.4, -0.2) is 52.3 Å². The number of aryl methyl sites for hydroxylation is 2. The molecule has 0 spiro atoms. The van der Waals surface area contributed by atoms with Crippen LogP contribution in [0.3, 0.4) is 0 Å². The van der Waals surface area contributed by atoms with E-state index < -0.39 is 21.9 Å². The second kappa shape index (κ2) is 9.38. The van der Waals surface area contributed by atoms with Crippen molar-refractivity contribution in [2.24, 2.45) is 0 Å². The molecule has 0 saturated carbocycles. The van der Waals surface area contributed by atoms with E-state index in [-0.39, 0.29) is 5.56 Å². The van der Waals surface area contributed by atoms with E-state index in [2.05, 4.69) is 10.1 Å². The molecule has 0 aliphatic carbocycles. The fourth-order valence-electron chi connectivity index (χ4n) is 4.14. The monoisotopic (exact) mass is 493 g/mol. The Morgan fingerprint density at radius 1 is 1.00 bits per heavy atom. The fourth-order valence-corrected chi connectivity index (χ4v) is 5.46. The van der Waals surface area contributed by atoms with Crippen molar-refractivity contribution in [1.82, 2.24) is 19.1 Å². The molecule has 0 radical (unpaired) electrons. The molecule has 9 nitrogen and oxygen atoms in total. The smallest absolute Gasteiger partial charge is 0.349 e. The topological polar surface area (TPSA) is 108 Å². The van der Waals surface area contributed by atoms with Gasteiger partial charge in [0.05, 0.1) is 23.1 Å². The average Bonchev–Trinajstić information content (AvgIpc) is 3.47. The summed E-state index contributed by atoms with van der Waals surface area (Å²) >= 11 is 0. The number of carbonyl (C=O) groups excluding carboxylic acids is 2. The van der Waals surface area contributed by atoms with Gasteiger partial charge in [0.2, 0.25) is 0 Å². The van der Waals surface area contributed by atoms with Crippen molar-refractivity contribution < 1.29 is 18.0 Å². The van der Waals surface area contributed by atoms with Gasteiger partial charge in [-0.1, -0.05) is 12.1 Å². The molecule has 0 bridgehead atoms. The molecular formula is C25H27N5O4S. The van der Waals surface area contributed by atoms with Gasteiger partial charge in [0.15, 0.2) is 0 Å². The standard InChI is InChI=1S/C25H27N5O4S/c1-5-28(6-2)25(32)24(31)23-18(4)27-22-12-11-20(16-21(22)23)30(19-10-7-9-17(3)15-19)35(33,34)29-14-8-13-26-29/h7-16,27H,5-6H2,1-4H3. The molecule has 182 valence electrons. The van der Waals surface area contributed by atoms with Crippen molar-refractivity contribution in [2.75, 3.05) is 17.4 Å². The van der Waals surface area contributed by atoms with Crippen molar-refractivity contribution in [1.29, 1.82) is 0 Å². The number of nitrogens with zero attached hydrogens (tertiary/aromatic N) is 4. The first-order chi connectivity index (χ1) is 16.7. The van der Waals surface area contributed by atoms with Gasteiger partial charge in [-0.05, 0) is 69.7 Å². The summed E-state index contributed by atoms with van der Waals surface area (Å²) in [4.78, 5) is 30.7. The van der Waals surface area contributed by atoms with Crippen LogP contribution in [-0.2, 0) is 15.0 Å². The van der Waals surface area contributed by atoms with E-state index in [1.165, 1.54) is 27.7 Å². The predicted molar refractivity (Wildman–Crippen MR) is 135 cm³/mol. The van der Waals surface area contributed by atoms with Crippen LogP contribution in [0.4, 0.5) is 11.4 Å². The van der Waals surface area contributed by atoms with Crippen LogP contribution in [0.25, 0.3) is 10.9 Å². The average molecular weight is 494 g/mol. The first-order valence-electron chi connectivity index (χ1n) is 11.3. The zero-order valence-corrected chi connectivity index (χ0v) is 20.8. The van der Waals surface area contributed by atoms with Gasteiger partial charge in [0, 0.05) is 35.9 Å². The second-order valence-electron chi connectivity index (χ2n) is 8.15. The summed E-state index contributed by atoms with van der Waals surface area (Å²) in [5.74, 6) is -1.23. The van der Waals surface area contributed by atoms with Crippen molar-refractivity contribution in [3.63, 3.8) is 0 Å². The number of H-pyrrole nitrogens is 1. The van der Waals surface area contributed by atoms with Crippen LogP contribution in [0, 0.1) is 13.8 Å². The van der Waals surface area contributed by atoms with Crippen molar-refractivity contribution in [3.8, 4) is 0 Å². The summed E-state index contributed by atoms with van der Waals surface area (Å²) in [6, 6.07) is 13.6. The summed E-state index contributed by atoms with van der Waals surface area (Å²) in [6.07, 6.45) is 2.75. The number of amides is 1. The summed E-state index contributed by atoms with van der Waals surface area (Å²) in [5.41, 5.74) is 3.00. The summed E-state index contributed by atoms with van der Waals surface area (Å²) in [6.45, 7) is 8.05. The maximum absolute atomic E-state index is 13.6. The Hall–Kier alpha value is -3.92. The van der Waals surface area contributed by atoms with Crippen LogP contribution in [0.5, 0.6) is 0 Å². The molecule has 0 aliphatic heterocycles. The highest BCUT2D eigenvalue weighted by Gasteiger charge is 2.30. The zero-order valence-electron chi connectivity index (χ0n) is 20.0. The maximum atomic E-state index is 13.6. The first-order valence-corrected chi connectivity index (χ1v) is 12.7. The van der Waals surface area contributed by atoms with Crippen LogP contribution in [0.15, 0.2) is 60.9 Å². The minimum absolute atomic E-state index is 0.236. The lowest BCUT2D eigenvalue weighted by Gasteiger charge is -2.24. The van der Waals surface area contributed by atoms with Gasteiger partial charge < -0.3 is 9.88 Å². The normalized spacial score (nSPS) is 11.5. The van der Waals surface area contributed by atoms with Crippen LogP contribution in [0.2, 0.25) is 0 Å². The van der Waals surface area contributed by atoms with Crippen LogP contribution < -0.4 is 4.31 Å². The Balaban J connectivity index is 1.92. The Labute approximate surface area is 204 Å². The third-order valence-corrected chi connectivity index (χ3v) is 7.43. The molecule has 4 aromatic rings. The third-order valence-electron chi connectivity index (χ3n) is 5.86. The molecular weight excluding hydrogens is 466 g/mol. The number of fused-ring (bicyclic) bond motifs is 1. The van der Waals surface area contributed by atoms with Crippen molar-refractivity contribution in [3.05, 3.63) is 77.7 Å². The lowest BCUT2D eigenvalue weighted by atomic mass is 10.0. The van der Waals surface area contributed by atoms with E-state index in [1.54, 1.807) is 43.3 Å². The van der Waals surface area contributed by atoms with Gasteiger partial charge in [-0.2, -0.15) is 13.5 Å². The highest BCUT2D eigenvalue weighted by Crippen LogP contribution is 2.34. The van der Waals surface area contributed by atoms with E-state index in [1.807, 2.05) is 26.8 Å². The van der Waals surface area contributed by atoms with Gasteiger partial charge in [-0.25, -0.2) is 4.31 Å². The number of ketones is 1. The van der Waals surface area contributed by atoms with E-state index in [4.69, 9.17) is 0 Å². The number of nitrogens with one attached hydrogen (secondary N) is 1. The molecule has 4 rings (SSSR count). The Kier molecular flexibility index (Phi) is 6.49. The Morgan fingerprint density at radius 3 is 2.34 bits per heavy atom. The number of hydrogen-bond acceptors (Lipinski definition) is 5. The molecule has 2 heterocycles. The number of Topliss-reactive ketones (excluding diaryl/α,β-unsaturated/α-hetero) is 1. The second-order valence-corrected chi connectivity index (χ2v) is 9.79. The van der Waals surface area contributed by atoms with Crippen molar-refractivity contribution in [2.45, 2.75) is 27.7 Å². The lowest BCUT2D eigenvalue weighted by Crippen LogP contribution is -2.36. The SMILES string of the molecule is CCN(CC)C(=O)C(=O)c1c(C)[nH]c2ccc(N(c3cccc(C)c3)S(=O)(=O)n3cccn3)cc12. The van der Waals surface area contributed by atoms with E-state index in [0.29, 0.717) is 41.1 Å². The van der Waals surface area contributed by atoms with Gasteiger partial charge in [0.1, 0.15) is 0 Å². The highest BCUT2D eigenvalue weighted by atomic mass is 32.2. The molecule has 0 fully saturated rings. The van der Waals surface area contributed by atoms with E-state index in [9.17, 15) is 18.0 Å². The van der Waals surface area contributed by atoms with Crippen LogP contribution in [0.1, 0.15) is 35.5 Å². The number of benzene rings is 2. The summed E-state index contributed by atoms with van der Waals surface area (Å²) in [7, 11) is -4.14. The minimum atomic E-state index is -4.14. The van der Waals surface area contributed by atoms with Gasteiger partial charge in [0.25, 0.3) is 11.7 Å². The quantitative estimate of drug-likeness (QED) is 0.295. The number of likely N-dealkylation sites (N-methyl/N-ethyl adjacent to an activating group) is 1. The van der Waals surface area contributed by atoms with Gasteiger partial charge in [-0.15, -0.1) is 4.09 Å². The zero-order chi connectivity index (χ0) is 25.3. The molecule has 0 atom stereocenters. The highest BCUT2D eigenvalue weighted by molar-refractivity contribution is 7.91. The maximum Gasteiger partial charge on any atom is 0.349 e. The summed E-state index contributed by atoms with van der Waals surface area (Å²) in [5, 5.41) is 4.40. The number of hydrogen-bond donors (Lipinski definition) is 1. The summed E-state index contributed by atoms with van der Waals surface area (Å²) < 4.78 is 29.3. The van der Waals surface area contributed by atoms with Crippen LogP contribution >= 0.6 is 0 Å². The van der Waals surface area contributed by atoms with E-state index in [0.717, 1.165) is 9.65 Å². The van der Waals surface area contributed by atoms with Gasteiger partial charge in [-0.3, -0.25) is 9.59 Å². The number of rotatable bonds is 8. The third kappa shape index (κ3) is 4.32. The molecule has 1 N–H and O–H groups in total. The first kappa shape index (κ1) is 24.2. The number of anilines is 2. The molecule has 0 saturated heterocycles. The Morgan fingerprint density at radius 2 is 1.71 bits per heavy atom. The molecule has 0 aliphatic rings. The molecule has 2 aromatic carbocycles. The molecule has 1 amide bonds. The number of carbonyl (C=O) groups is 2. The molecule has 0 unspecified atom stereocenters. The number of aromatic nitrogens is 3. The minimum Gasteiger partial charge on any atom is -0.358 e. The predicted octanol–water partition coefficient (Wildman–Crippen LogP) is 3.96. The molecule has 2 aromatic heterocycles. The van der Waals surface area contributed by atoms with E-state index >= 15 is 0 Å². The molecule has 10 heteroatoms. The van der Waals surface area contributed by atoms with Gasteiger partial charge >= 0.3 is 10.2 Å².